The Hall–Kier alpha value is -3.41. The zero-order valence-corrected chi connectivity index (χ0v) is 14.9. The Morgan fingerprint density at radius 3 is 2.21 bits per heavy atom. The smallest absolute Gasteiger partial charge is 0.416 e. The first-order valence-electron chi connectivity index (χ1n) is 8.53. The molecule has 2 heterocycles. The van der Waals surface area contributed by atoms with Gasteiger partial charge in [0.2, 0.25) is 0 Å². The van der Waals surface area contributed by atoms with Crippen molar-refractivity contribution < 1.29 is 17.9 Å². The molecule has 0 unspecified atom stereocenters. The summed E-state index contributed by atoms with van der Waals surface area (Å²) in [5.41, 5.74) is 2.81. The number of hydrogen-bond donors (Lipinski definition) is 0. The lowest BCUT2D eigenvalue weighted by atomic mass is 10.0. The Bertz CT molecular complexity index is 1120. The maximum atomic E-state index is 12.8. The van der Waals surface area contributed by atoms with Crippen LogP contribution in [0, 0.1) is 0 Å². The maximum Gasteiger partial charge on any atom is 0.416 e. The number of hydrogen-bond acceptors (Lipinski definition) is 3. The fraction of sp³-hybridized carbons (Fsp3) is 0.0909. The molecule has 0 aliphatic heterocycles. The molecule has 6 heteroatoms. The second-order valence-electron chi connectivity index (χ2n) is 6.23. The van der Waals surface area contributed by atoms with Crippen LogP contribution >= 0.6 is 0 Å². The van der Waals surface area contributed by atoms with Crippen molar-refractivity contribution in [2.45, 2.75) is 6.18 Å². The van der Waals surface area contributed by atoms with Crippen LogP contribution < -0.4 is 4.74 Å². The molecule has 4 rings (SSSR count). The van der Waals surface area contributed by atoms with Crippen molar-refractivity contribution in [2.75, 3.05) is 7.11 Å². The maximum absolute atomic E-state index is 12.8. The Morgan fingerprint density at radius 1 is 0.821 bits per heavy atom. The van der Waals surface area contributed by atoms with Crippen LogP contribution in [0.1, 0.15) is 5.56 Å². The molecule has 0 N–H and O–H groups in total. The van der Waals surface area contributed by atoms with Gasteiger partial charge in [-0.3, -0.25) is 4.98 Å². The van der Waals surface area contributed by atoms with E-state index in [0.29, 0.717) is 22.5 Å². The molecule has 28 heavy (non-hydrogen) atoms. The molecule has 2 aromatic carbocycles. The van der Waals surface area contributed by atoms with E-state index in [9.17, 15) is 13.2 Å². The molecule has 0 amide bonds. The van der Waals surface area contributed by atoms with Gasteiger partial charge in [0.15, 0.2) is 0 Å². The summed E-state index contributed by atoms with van der Waals surface area (Å²) in [5.74, 6) is 0.604. The molecule has 0 aliphatic rings. The fourth-order valence-electron chi connectivity index (χ4n) is 3.04. The molecule has 0 saturated carbocycles. The lowest BCUT2D eigenvalue weighted by Crippen LogP contribution is -2.04. The minimum absolute atomic E-state index is 0.538. The van der Waals surface area contributed by atoms with Crippen molar-refractivity contribution in [3.8, 4) is 28.3 Å². The molecule has 0 aliphatic carbocycles. The van der Waals surface area contributed by atoms with Crippen LogP contribution in [0.3, 0.4) is 0 Å². The molecule has 0 atom stereocenters. The van der Waals surface area contributed by atoms with Gasteiger partial charge in [-0.2, -0.15) is 13.2 Å². The largest absolute Gasteiger partial charge is 0.496 e. The van der Waals surface area contributed by atoms with Crippen LogP contribution in [0.2, 0.25) is 0 Å². The summed E-state index contributed by atoms with van der Waals surface area (Å²) in [7, 11) is 1.55. The number of rotatable bonds is 3. The molecule has 140 valence electrons. The van der Waals surface area contributed by atoms with Gasteiger partial charge in [0.05, 0.1) is 29.6 Å². The highest BCUT2D eigenvalue weighted by molar-refractivity contribution is 5.91. The van der Waals surface area contributed by atoms with Crippen molar-refractivity contribution in [1.82, 2.24) is 9.97 Å². The molecule has 0 radical (unpaired) electrons. The van der Waals surface area contributed by atoms with E-state index >= 15 is 0 Å². The third-order valence-corrected chi connectivity index (χ3v) is 4.46. The van der Waals surface area contributed by atoms with E-state index in [4.69, 9.17) is 4.74 Å². The van der Waals surface area contributed by atoms with Crippen LogP contribution in [0.4, 0.5) is 13.2 Å². The Morgan fingerprint density at radius 2 is 1.57 bits per heavy atom. The average molecular weight is 380 g/mol. The first kappa shape index (κ1) is 18.0. The first-order valence-corrected chi connectivity index (χ1v) is 8.53. The highest BCUT2D eigenvalue weighted by Crippen LogP contribution is 2.34. The van der Waals surface area contributed by atoms with E-state index in [1.165, 1.54) is 12.1 Å². The molecule has 3 nitrogen and oxygen atoms in total. The Kier molecular flexibility index (Phi) is 4.47. The first-order chi connectivity index (χ1) is 13.5. The predicted octanol–water partition coefficient (Wildman–Crippen LogP) is 5.99. The standard InChI is InChI=1S/C22H15F3N2O/c1-28-21-13-19(14-5-8-16(9-6-14)22(23,24)25)27-20-12-15(7-10-17(20)21)18-4-2-3-11-26-18/h2-13H,1H3. The summed E-state index contributed by atoms with van der Waals surface area (Å²) in [4.78, 5) is 8.99. The van der Waals surface area contributed by atoms with Crippen molar-refractivity contribution in [3.63, 3.8) is 0 Å². The van der Waals surface area contributed by atoms with Crippen molar-refractivity contribution >= 4 is 10.9 Å². The number of benzene rings is 2. The summed E-state index contributed by atoms with van der Waals surface area (Å²) in [6.45, 7) is 0. The average Bonchev–Trinajstić information content (AvgIpc) is 2.72. The topological polar surface area (TPSA) is 35.0 Å². The van der Waals surface area contributed by atoms with Gasteiger partial charge in [-0.1, -0.05) is 24.3 Å². The Labute approximate surface area is 159 Å². The lowest BCUT2D eigenvalue weighted by Gasteiger charge is -2.11. The highest BCUT2D eigenvalue weighted by Gasteiger charge is 2.30. The van der Waals surface area contributed by atoms with Gasteiger partial charge < -0.3 is 4.74 Å². The molecular weight excluding hydrogens is 365 g/mol. The summed E-state index contributed by atoms with van der Waals surface area (Å²) >= 11 is 0. The van der Waals surface area contributed by atoms with Gasteiger partial charge in [-0.05, 0) is 36.4 Å². The van der Waals surface area contributed by atoms with Gasteiger partial charge in [-0.25, -0.2) is 4.98 Å². The number of ether oxygens (including phenoxy) is 1. The van der Waals surface area contributed by atoms with E-state index in [-0.39, 0.29) is 0 Å². The van der Waals surface area contributed by atoms with Crippen LogP contribution in [0.25, 0.3) is 33.4 Å². The van der Waals surface area contributed by atoms with Gasteiger partial charge in [0, 0.05) is 28.8 Å². The molecule has 0 fully saturated rings. The number of halogens is 3. The quantitative estimate of drug-likeness (QED) is 0.438. The number of pyridine rings is 2. The summed E-state index contributed by atoms with van der Waals surface area (Å²) in [6, 6.07) is 18.0. The SMILES string of the molecule is COc1cc(-c2ccc(C(F)(F)F)cc2)nc2cc(-c3ccccn3)ccc12. The normalized spacial score (nSPS) is 11.6. The molecular formula is C22H15F3N2O. The van der Waals surface area contributed by atoms with Crippen molar-refractivity contribution in [3.05, 3.63) is 78.5 Å². The zero-order chi connectivity index (χ0) is 19.7. The minimum Gasteiger partial charge on any atom is -0.496 e. The van der Waals surface area contributed by atoms with Gasteiger partial charge >= 0.3 is 6.18 Å². The lowest BCUT2D eigenvalue weighted by molar-refractivity contribution is -0.137. The number of fused-ring (bicyclic) bond motifs is 1. The third kappa shape index (κ3) is 3.41. The third-order valence-electron chi connectivity index (χ3n) is 4.46. The monoisotopic (exact) mass is 380 g/mol. The predicted molar refractivity (Wildman–Crippen MR) is 102 cm³/mol. The fourth-order valence-corrected chi connectivity index (χ4v) is 3.04. The molecule has 0 saturated heterocycles. The van der Waals surface area contributed by atoms with Crippen LogP contribution in [0.15, 0.2) is 72.9 Å². The number of alkyl halides is 3. The molecule has 4 aromatic rings. The van der Waals surface area contributed by atoms with E-state index in [0.717, 1.165) is 28.8 Å². The summed E-state index contributed by atoms with van der Waals surface area (Å²) in [5, 5.41) is 0.817. The Balaban J connectivity index is 1.83. The molecule has 2 aromatic heterocycles. The van der Waals surface area contributed by atoms with E-state index in [2.05, 4.69) is 9.97 Å². The van der Waals surface area contributed by atoms with Crippen LogP contribution in [-0.2, 0) is 6.18 Å². The second kappa shape index (κ2) is 6.96. The molecule has 0 spiro atoms. The number of aromatic nitrogens is 2. The van der Waals surface area contributed by atoms with E-state index < -0.39 is 11.7 Å². The van der Waals surface area contributed by atoms with Gasteiger partial charge in [0.1, 0.15) is 5.75 Å². The van der Waals surface area contributed by atoms with E-state index in [1.54, 1.807) is 19.4 Å². The van der Waals surface area contributed by atoms with Gasteiger partial charge in [0.25, 0.3) is 0 Å². The molecule has 0 bridgehead atoms. The van der Waals surface area contributed by atoms with E-state index in [1.807, 2.05) is 36.4 Å². The van der Waals surface area contributed by atoms with Crippen LogP contribution in [0.5, 0.6) is 5.75 Å². The zero-order valence-electron chi connectivity index (χ0n) is 14.9. The van der Waals surface area contributed by atoms with Crippen LogP contribution in [-0.4, -0.2) is 17.1 Å². The van der Waals surface area contributed by atoms with Crippen molar-refractivity contribution in [1.29, 1.82) is 0 Å². The second-order valence-corrected chi connectivity index (χ2v) is 6.23. The highest BCUT2D eigenvalue weighted by atomic mass is 19.4. The van der Waals surface area contributed by atoms with Gasteiger partial charge in [-0.15, -0.1) is 0 Å². The van der Waals surface area contributed by atoms with Crippen molar-refractivity contribution in [2.24, 2.45) is 0 Å². The number of methoxy groups -OCH3 is 1. The minimum atomic E-state index is -4.37. The summed E-state index contributed by atoms with van der Waals surface area (Å²) < 4.78 is 43.9. The number of nitrogens with zero attached hydrogens (tertiary/aromatic N) is 2. The summed E-state index contributed by atoms with van der Waals surface area (Å²) in [6.07, 6.45) is -2.66.